The zero-order valence-electron chi connectivity index (χ0n) is 9.36. The summed E-state index contributed by atoms with van der Waals surface area (Å²) in [6.45, 7) is 4.94. The molecule has 0 amide bonds. The first-order chi connectivity index (χ1) is 6.86. The first-order valence-electron chi connectivity index (χ1n) is 5.64. The zero-order chi connectivity index (χ0) is 9.80. The molecule has 1 nitrogen and oxygen atoms in total. The van der Waals surface area contributed by atoms with E-state index in [0.29, 0.717) is 6.04 Å². The smallest absolute Gasteiger partial charge is 0.0107 e. The number of nitrogens with zero attached hydrogens (tertiary/aromatic N) is 1. The lowest BCUT2D eigenvalue weighted by molar-refractivity contribution is 0.258. The summed E-state index contributed by atoms with van der Waals surface area (Å²) in [6.07, 6.45) is 3.97. The van der Waals surface area contributed by atoms with Crippen molar-refractivity contribution in [3.05, 3.63) is 35.9 Å². The van der Waals surface area contributed by atoms with Gasteiger partial charge in [0.15, 0.2) is 0 Å². The number of hydrogen-bond acceptors (Lipinski definition) is 1. The Morgan fingerprint density at radius 3 is 2.33 bits per heavy atom. The highest BCUT2D eigenvalue weighted by Gasteiger charge is 2.17. The number of hydrogen-bond donors (Lipinski definition) is 0. The van der Waals surface area contributed by atoms with Crippen LogP contribution in [0.3, 0.4) is 0 Å². The van der Waals surface area contributed by atoms with Gasteiger partial charge in [-0.05, 0) is 44.8 Å². The fourth-order valence-electron chi connectivity index (χ4n) is 2.27. The highest BCUT2D eigenvalue weighted by Crippen LogP contribution is 2.14. The van der Waals surface area contributed by atoms with E-state index >= 15 is 0 Å². The maximum absolute atomic E-state index is 2.60. The molecular weight excluding hydrogens is 206 g/mol. The van der Waals surface area contributed by atoms with Crippen molar-refractivity contribution in [1.29, 1.82) is 0 Å². The second-order valence-electron chi connectivity index (χ2n) is 4.28. The average Bonchev–Trinajstić information content (AvgIpc) is 2.72. The molecular formula is C13H20ClN. The Labute approximate surface area is 98.9 Å². The Bertz CT molecular complexity index is 267. The minimum absolute atomic E-state index is 0. The topological polar surface area (TPSA) is 3.24 Å². The summed E-state index contributed by atoms with van der Waals surface area (Å²) in [5.74, 6) is 0. The van der Waals surface area contributed by atoms with Crippen molar-refractivity contribution in [3.8, 4) is 0 Å². The number of halogens is 1. The fraction of sp³-hybridized carbons (Fsp3) is 0.538. The van der Waals surface area contributed by atoms with Crippen LogP contribution in [0.25, 0.3) is 0 Å². The van der Waals surface area contributed by atoms with Gasteiger partial charge in [0.1, 0.15) is 0 Å². The Kier molecular flexibility index (Phi) is 5.13. The fourth-order valence-corrected chi connectivity index (χ4v) is 2.27. The van der Waals surface area contributed by atoms with E-state index in [-0.39, 0.29) is 12.4 Å². The van der Waals surface area contributed by atoms with Crippen LogP contribution in [-0.4, -0.2) is 24.0 Å². The summed E-state index contributed by atoms with van der Waals surface area (Å²) >= 11 is 0. The van der Waals surface area contributed by atoms with Gasteiger partial charge in [-0.1, -0.05) is 30.3 Å². The maximum atomic E-state index is 2.60. The van der Waals surface area contributed by atoms with Crippen LogP contribution in [-0.2, 0) is 6.42 Å². The lowest BCUT2D eigenvalue weighted by atomic mass is 10.1. The van der Waals surface area contributed by atoms with Gasteiger partial charge in [0, 0.05) is 6.04 Å². The standard InChI is InChI=1S/C13H19N.ClH/c1-12(14-9-5-6-10-14)11-13-7-3-2-4-8-13;/h2-4,7-8,12H,5-6,9-11H2,1H3;1H. The molecule has 1 atom stereocenters. The summed E-state index contributed by atoms with van der Waals surface area (Å²) in [4.78, 5) is 2.60. The van der Waals surface area contributed by atoms with Crippen molar-refractivity contribution >= 4 is 12.4 Å². The van der Waals surface area contributed by atoms with Gasteiger partial charge in [-0.15, -0.1) is 12.4 Å². The molecule has 1 heterocycles. The first kappa shape index (κ1) is 12.5. The van der Waals surface area contributed by atoms with Gasteiger partial charge < -0.3 is 4.90 Å². The Morgan fingerprint density at radius 2 is 1.73 bits per heavy atom. The van der Waals surface area contributed by atoms with Crippen LogP contribution in [0.15, 0.2) is 30.3 Å². The van der Waals surface area contributed by atoms with Gasteiger partial charge in [-0.3, -0.25) is 0 Å². The Hall–Kier alpha value is -0.530. The molecule has 0 saturated carbocycles. The molecule has 1 aliphatic rings. The maximum Gasteiger partial charge on any atom is 0.0107 e. The monoisotopic (exact) mass is 225 g/mol. The molecule has 0 spiro atoms. The third-order valence-electron chi connectivity index (χ3n) is 3.14. The van der Waals surface area contributed by atoms with Crippen molar-refractivity contribution < 1.29 is 0 Å². The Morgan fingerprint density at radius 1 is 1.13 bits per heavy atom. The third kappa shape index (κ3) is 3.51. The van der Waals surface area contributed by atoms with E-state index in [1.165, 1.54) is 37.9 Å². The highest BCUT2D eigenvalue weighted by atomic mass is 35.5. The summed E-state index contributed by atoms with van der Waals surface area (Å²) in [6, 6.07) is 11.5. The van der Waals surface area contributed by atoms with E-state index in [2.05, 4.69) is 42.2 Å². The van der Waals surface area contributed by atoms with Crippen molar-refractivity contribution in [2.45, 2.75) is 32.2 Å². The summed E-state index contributed by atoms with van der Waals surface area (Å²) in [5.41, 5.74) is 1.46. The lowest BCUT2D eigenvalue weighted by Gasteiger charge is -2.23. The molecule has 1 aromatic carbocycles. The molecule has 0 N–H and O–H groups in total. The van der Waals surface area contributed by atoms with E-state index < -0.39 is 0 Å². The molecule has 1 saturated heterocycles. The first-order valence-corrected chi connectivity index (χ1v) is 5.64. The summed E-state index contributed by atoms with van der Waals surface area (Å²) < 4.78 is 0. The van der Waals surface area contributed by atoms with Crippen LogP contribution in [0.5, 0.6) is 0 Å². The van der Waals surface area contributed by atoms with Gasteiger partial charge in [-0.25, -0.2) is 0 Å². The van der Waals surface area contributed by atoms with Gasteiger partial charge in [0.2, 0.25) is 0 Å². The molecule has 0 radical (unpaired) electrons. The number of benzene rings is 1. The van der Waals surface area contributed by atoms with Crippen LogP contribution in [0.2, 0.25) is 0 Å². The predicted octanol–water partition coefficient (Wildman–Crippen LogP) is 3.14. The third-order valence-corrected chi connectivity index (χ3v) is 3.14. The Balaban J connectivity index is 0.00000112. The van der Waals surface area contributed by atoms with Crippen molar-refractivity contribution in [1.82, 2.24) is 4.90 Å². The highest BCUT2D eigenvalue weighted by molar-refractivity contribution is 5.85. The quantitative estimate of drug-likeness (QED) is 0.764. The minimum Gasteiger partial charge on any atom is -0.300 e. The number of rotatable bonds is 3. The second kappa shape index (κ2) is 6.14. The van der Waals surface area contributed by atoms with E-state index in [0.717, 1.165) is 0 Å². The molecule has 1 fully saturated rings. The van der Waals surface area contributed by atoms with Crippen molar-refractivity contribution in [2.24, 2.45) is 0 Å². The van der Waals surface area contributed by atoms with Gasteiger partial charge >= 0.3 is 0 Å². The molecule has 1 unspecified atom stereocenters. The van der Waals surface area contributed by atoms with Gasteiger partial charge in [0.25, 0.3) is 0 Å². The number of likely N-dealkylation sites (tertiary alicyclic amines) is 1. The second-order valence-corrected chi connectivity index (χ2v) is 4.28. The predicted molar refractivity (Wildman–Crippen MR) is 67.7 cm³/mol. The van der Waals surface area contributed by atoms with Crippen molar-refractivity contribution in [3.63, 3.8) is 0 Å². The summed E-state index contributed by atoms with van der Waals surface area (Å²) in [5, 5.41) is 0. The molecule has 2 heteroatoms. The van der Waals surface area contributed by atoms with Crippen molar-refractivity contribution in [2.75, 3.05) is 13.1 Å². The minimum atomic E-state index is 0. The molecule has 1 aliphatic heterocycles. The molecule has 15 heavy (non-hydrogen) atoms. The van der Waals surface area contributed by atoms with Crippen LogP contribution in [0, 0.1) is 0 Å². The van der Waals surface area contributed by atoms with Crippen LogP contribution < -0.4 is 0 Å². The molecule has 0 aliphatic carbocycles. The van der Waals surface area contributed by atoms with Crippen LogP contribution in [0.4, 0.5) is 0 Å². The lowest BCUT2D eigenvalue weighted by Crippen LogP contribution is -2.31. The zero-order valence-corrected chi connectivity index (χ0v) is 10.2. The summed E-state index contributed by atoms with van der Waals surface area (Å²) in [7, 11) is 0. The van der Waals surface area contributed by atoms with Crippen LogP contribution >= 0.6 is 12.4 Å². The average molecular weight is 226 g/mol. The molecule has 1 aromatic rings. The molecule has 84 valence electrons. The SMILES string of the molecule is CC(Cc1ccccc1)N1CCCC1.Cl. The normalized spacial score (nSPS) is 18.5. The molecule has 0 aromatic heterocycles. The molecule has 2 rings (SSSR count). The molecule has 0 bridgehead atoms. The van der Waals surface area contributed by atoms with Crippen LogP contribution in [0.1, 0.15) is 25.3 Å². The van der Waals surface area contributed by atoms with E-state index in [1.54, 1.807) is 0 Å². The van der Waals surface area contributed by atoms with Gasteiger partial charge in [0.05, 0.1) is 0 Å². The van der Waals surface area contributed by atoms with E-state index in [4.69, 9.17) is 0 Å². The van der Waals surface area contributed by atoms with E-state index in [9.17, 15) is 0 Å². The van der Waals surface area contributed by atoms with E-state index in [1.807, 2.05) is 0 Å². The largest absolute Gasteiger partial charge is 0.300 e. The van der Waals surface area contributed by atoms with Gasteiger partial charge in [-0.2, -0.15) is 0 Å².